The Labute approximate surface area is 184 Å². The van der Waals surface area contributed by atoms with Crippen LogP contribution in [0, 0.1) is 0 Å². The third kappa shape index (κ3) is 3.69. The Morgan fingerprint density at radius 3 is 2.71 bits per heavy atom. The maximum absolute atomic E-state index is 4.52. The normalized spacial score (nSPS) is 14.6. The van der Waals surface area contributed by atoms with Crippen molar-refractivity contribution >= 4 is 44.0 Å². The highest BCUT2D eigenvalue weighted by Gasteiger charge is 2.13. The molecule has 0 amide bonds. The largest absolute Gasteiger partial charge is 0.361 e. The van der Waals surface area contributed by atoms with Crippen molar-refractivity contribution in [3.63, 3.8) is 0 Å². The predicted molar refractivity (Wildman–Crippen MR) is 129 cm³/mol. The van der Waals surface area contributed by atoms with E-state index in [1.165, 1.54) is 47.3 Å². The molecule has 5 aromatic rings. The average molecular weight is 426 g/mol. The van der Waals surface area contributed by atoms with Crippen molar-refractivity contribution in [3.05, 3.63) is 72.7 Å². The summed E-state index contributed by atoms with van der Waals surface area (Å²) in [6.45, 7) is 3.50. The minimum absolute atomic E-state index is 0.849. The molecule has 0 atom stereocenters. The zero-order valence-corrected chi connectivity index (χ0v) is 18.0. The van der Waals surface area contributed by atoms with Crippen LogP contribution in [-0.2, 0) is 6.54 Å². The van der Waals surface area contributed by atoms with Gasteiger partial charge in [-0.05, 0) is 67.4 Å². The van der Waals surface area contributed by atoms with Crippen molar-refractivity contribution in [3.8, 4) is 10.4 Å². The zero-order valence-electron chi connectivity index (χ0n) is 17.1. The van der Waals surface area contributed by atoms with Gasteiger partial charge in [0.15, 0.2) is 5.82 Å². The molecule has 6 heteroatoms. The molecule has 1 aliphatic rings. The van der Waals surface area contributed by atoms with Gasteiger partial charge < -0.3 is 10.3 Å². The minimum atomic E-state index is 0.849. The number of H-pyrrole nitrogens is 1. The van der Waals surface area contributed by atoms with Crippen molar-refractivity contribution in [1.29, 1.82) is 0 Å². The summed E-state index contributed by atoms with van der Waals surface area (Å²) in [4.78, 5) is 16.0. The van der Waals surface area contributed by atoms with E-state index in [1.54, 1.807) is 17.7 Å². The second-order valence-electron chi connectivity index (χ2n) is 8.13. The highest BCUT2D eigenvalue weighted by atomic mass is 32.1. The second-order valence-corrected chi connectivity index (χ2v) is 9.18. The third-order valence-corrected chi connectivity index (χ3v) is 7.15. The molecule has 5 nitrogen and oxygen atoms in total. The molecule has 1 aliphatic heterocycles. The Kier molecular flexibility index (Phi) is 4.66. The van der Waals surface area contributed by atoms with Crippen molar-refractivity contribution in [2.24, 2.45) is 0 Å². The number of benzene rings is 2. The van der Waals surface area contributed by atoms with Crippen LogP contribution in [0.2, 0.25) is 0 Å². The Hall–Kier alpha value is -3.22. The molecule has 0 radical (unpaired) electrons. The van der Waals surface area contributed by atoms with Gasteiger partial charge in [-0.1, -0.05) is 24.3 Å². The number of likely N-dealkylation sites (tertiary alicyclic amines) is 1. The molecule has 1 fully saturated rings. The van der Waals surface area contributed by atoms with Gasteiger partial charge in [0.25, 0.3) is 0 Å². The van der Waals surface area contributed by atoms with E-state index in [2.05, 4.69) is 79.8 Å². The van der Waals surface area contributed by atoms with Gasteiger partial charge in [0.2, 0.25) is 0 Å². The zero-order chi connectivity index (χ0) is 20.6. The number of thiophene rings is 1. The van der Waals surface area contributed by atoms with Gasteiger partial charge in [-0.15, -0.1) is 11.3 Å². The molecule has 154 valence electrons. The van der Waals surface area contributed by atoms with Gasteiger partial charge in [0.1, 0.15) is 6.33 Å². The number of hydrogen-bond acceptors (Lipinski definition) is 5. The molecular formula is C25H23N5S. The first-order chi connectivity index (χ1) is 15.3. The summed E-state index contributed by atoms with van der Waals surface area (Å²) >= 11 is 1.74. The molecule has 31 heavy (non-hydrogen) atoms. The van der Waals surface area contributed by atoms with E-state index in [-0.39, 0.29) is 0 Å². The van der Waals surface area contributed by atoms with Crippen molar-refractivity contribution < 1.29 is 0 Å². The van der Waals surface area contributed by atoms with E-state index in [0.29, 0.717) is 0 Å². The fraction of sp³-hybridized carbons (Fsp3) is 0.200. The van der Waals surface area contributed by atoms with E-state index in [1.807, 2.05) is 6.20 Å². The van der Waals surface area contributed by atoms with E-state index >= 15 is 0 Å². The van der Waals surface area contributed by atoms with Crippen LogP contribution in [0.5, 0.6) is 0 Å². The van der Waals surface area contributed by atoms with Crippen LogP contribution >= 0.6 is 11.3 Å². The first-order valence-electron chi connectivity index (χ1n) is 10.7. The first-order valence-corrected chi connectivity index (χ1v) is 11.5. The van der Waals surface area contributed by atoms with E-state index in [4.69, 9.17) is 0 Å². The molecule has 3 aromatic heterocycles. The maximum atomic E-state index is 4.52. The first kappa shape index (κ1) is 18.5. The number of rotatable bonds is 5. The van der Waals surface area contributed by atoms with Crippen LogP contribution in [0.15, 0.2) is 67.1 Å². The lowest BCUT2D eigenvalue weighted by atomic mass is 10.1. The second kappa shape index (κ2) is 7.80. The summed E-state index contributed by atoms with van der Waals surface area (Å²) < 4.78 is 1.08. The molecular weight excluding hydrogens is 402 g/mol. The number of aromatic amines is 1. The van der Waals surface area contributed by atoms with Crippen molar-refractivity contribution in [2.45, 2.75) is 19.4 Å². The van der Waals surface area contributed by atoms with Crippen LogP contribution in [0.1, 0.15) is 18.4 Å². The molecule has 4 heterocycles. The smallest absolute Gasteiger partial charge is 0.151 e. The van der Waals surface area contributed by atoms with Crippen LogP contribution in [0.25, 0.3) is 31.6 Å². The molecule has 1 saturated heterocycles. The monoisotopic (exact) mass is 425 g/mol. The van der Waals surface area contributed by atoms with Gasteiger partial charge in [-0.25, -0.2) is 9.97 Å². The number of aromatic nitrogens is 3. The van der Waals surface area contributed by atoms with Crippen LogP contribution in [0.4, 0.5) is 11.5 Å². The van der Waals surface area contributed by atoms with E-state index in [9.17, 15) is 0 Å². The Bertz CT molecular complexity index is 1350. The lowest BCUT2D eigenvalue weighted by Crippen LogP contribution is -2.18. The van der Waals surface area contributed by atoms with Crippen LogP contribution in [0.3, 0.4) is 0 Å². The fourth-order valence-corrected chi connectivity index (χ4v) is 5.39. The number of nitrogens with one attached hydrogen (secondary N) is 2. The highest BCUT2D eigenvalue weighted by Crippen LogP contribution is 2.37. The molecule has 0 bridgehead atoms. The molecule has 2 aromatic carbocycles. The van der Waals surface area contributed by atoms with Gasteiger partial charge in [0, 0.05) is 34.2 Å². The van der Waals surface area contributed by atoms with Crippen LogP contribution in [-0.4, -0.2) is 32.9 Å². The highest BCUT2D eigenvalue weighted by molar-refractivity contribution is 7.22. The fourth-order valence-electron chi connectivity index (χ4n) is 4.33. The Balaban J connectivity index is 1.28. The predicted octanol–water partition coefficient (Wildman–Crippen LogP) is 6.18. The Morgan fingerprint density at radius 2 is 1.84 bits per heavy atom. The molecule has 0 spiro atoms. The quantitative estimate of drug-likeness (QED) is 0.353. The Morgan fingerprint density at radius 1 is 0.968 bits per heavy atom. The minimum Gasteiger partial charge on any atom is -0.361 e. The lowest BCUT2D eigenvalue weighted by Gasteiger charge is -2.14. The number of anilines is 2. The van der Waals surface area contributed by atoms with E-state index in [0.717, 1.165) is 33.8 Å². The van der Waals surface area contributed by atoms with Gasteiger partial charge in [0.05, 0.1) is 10.2 Å². The number of hydrogen-bond donors (Lipinski definition) is 2. The summed E-state index contributed by atoms with van der Waals surface area (Å²) in [5, 5.41) is 4.66. The topological polar surface area (TPSA) is 56.8 Å². The molecule has 0 unspecified atom stereocenters. The standard InChI is InChI=1S/C25H23N5S/c1-2-12-30(11-1)15-17-3-5-18(6-4-17)23-14-22-24(31-23)25(28-16-27-22)29-20-7-8-21-19(13-20)9-10-26-21/h3-10,13-14,16,26H,1-2,11-12,15H2,(H,27,28,29). The number of fused-ring (bicyclic) bond motifs is 2. The van der Waals surface area contributed by atoms with E-state index < -0.39 is 0 Å². The SMILES string of the molecule is c1nc(Nc2ccc3[nH]ccc3c2)c2sc(-c3ccc(CN4CCCC4)cc3)cc2n1. The summed E-state index contributed by atoms with van der Waals surface area (Å²) in [6.07, 6.45) is 6.25. The summed E-state index contributed by atoms with van der Waals surface area (Å²) in [7, 11) is 0. The molecule has 0 aliphatic carbocycles. The number of nitrogens with zero attached hydrogens (tertiary/aromatic N) is 3. The van der Waals surface area contributed by atoms with Crippen molar-refractivity contribution in [2.75, 3.05) is 18.4 Å². The maximum Gasteiger partial charge on any atom is 0.151 e. The summed E-state index contributed by atoms with van der Waals surface area (Å²) in [5.41, 5.74) is 5.74. The molecule has 0 saturated carbocycles. The summed E-state index contributed by atoms with van der Waals surface area (Å²) in [5.74, 6) is 0.849. The summed E-state index contributed by atoms with van der Waals surface area (Å²) in [6, 6.07) is 19.5. The lowest BCUT2D eigenvalue weighted by molar-refractivity contribution is 0.331. The van der Waals surface area contributed by atoms with Gasteiger partial charge >= 0.3 is 0 Å². The van der Waals surface area contributed by atoms with Crippen molar-refractivity contribution in [1.82, 2.24) is 19.9 Å². The van der Waals surface area contributed by atoms with Crippen LogP contribution < -0.4 is 5.32 Å². The van der Waals surface area contributed by atoms with Gasteiger partial charge in [-0.3, -0.25) is 4.90 Å². The molecule has 2 N–H and O–H groups in total. The average Bonchev–Trinajstić information content (AvgIpc) is 3.55. The van der Waals surface area contributed by atoms with Gasteiger partial charge in [-0.2, -0.15) is 0 Å². The molecule has 6 rings (SSSR count). The third-order valence-electron chi connectivity index (χ3n) is 5.97.